The van der Waals surface area contributed by atoms with E-state index in [9.17, 15) is 10.2 Å². The summed E-state index contributed by atoms with van der Waals surface area (Å²) < 4.78 is 0. The van der Waals surface area contributed by atoms with Crippen molar-refractivity contribution >= 4 is 0 Å². The van der Waals surface area contributed by atoms with Crippen LogP contribution in [0.5, 0.6) is 0 Å². The van der Waals surface area contributed by atoms with Gasteiger partial charge in [0, 0.05) is 0 Å². The number of hydrogen-bond acceptors (Lipinski definition) is 2. The maximum Gasteiger partial charge on any atom is 0.126 e. The molecule has 0 saturated heterocycles. The van der Waals surface area contributed by atoms with Gasteiger partial charge in [-0.05, 0) is 38.7 Å². The average Bonchev–Trinajstić information content (AvgIpc) is 2.08. The van der Waals surface area contributed by atoms with Crippen molar-refractivity contribution in [3.05, 3.63) is 12.7 Å². The van der Waals surface area contributed by atoms with Crippen LogP contribution in [0.4, 0.5) is 0 Å². The number of aliphatic hydroxyl groups is 2. The molecule has 0 unspecified atom stereocenters. The summed E-state index contributed by atoms with van der Waals surface area (Å²) in [7, 11) is 0. The monoisotopic (exact) mass is 180 g/mol. The molecule has 2 N–H and O–H groups in total. The molecule has 2 heteroatoms. The van der Waals surface area contributed by atoms with Crippen LogP contribution in [0.25, 0.3) is 0 Å². The second kappa shape index (κ2) is 3.53. The Hall–Kier alpha value is -0.780. The summed E-state index contributed by atoms with van der Waals surface area (Å²) in [6, 6.07) is 0. The van der Waals surface area contributed by atoms with Gasteiger partial charge >= 0.3 is 0 Å². The van der Waals surface area contributed by atoms with Gasteiger partial charge in [-0.1, -0.05) is 18.4 Å². The Kier molecular flexibility index (Phi) is 2.80. The van der Waals surface area contributed by atoms with Crippen molar-refractivity contribution in [2.24, 2.45) is 0 Å². The molecule has 1 rings (SSSR count). The molecule has 0 heterocycles. The van der Waals surface area contributed by atoms with E-state index in [1.54, 1.807) is 6.92 Å². The predicted molar refractivity (Wildman–Crippen MR) is 52.0 cm³/mol. The van der Waals surface area contributed by atoms with E-state index in [0.29, 0.717) is 25.7 Å². The summed E-state index contributed by atoms with van der Waals surface area (Å²) in [4.78, 5) is 0. The molecule has 0 atom stereocenters. The zero-order valence-corrected chi connectivity index (χ0v) is 8.01. The third-order valence-corrected chi connectivity index (χ3v) is 2.56. The van der Waals surface area contributed by atoms with Crippen molar-refractivity contribution in [1.82, 2.24) is 0 Å². The molecule has 1 aliphatic carbocycles. The molecule has 1 fully saturated rings. The summed E-state index contributed by atoms with van der Waals surface area (Å²) in [6.45, 7) is 5.27. The van der Waals surface area contributed by atoms with Crippen LogP contribution in [-0.4, -0.2) is 21.4 Å². The minimum absolute atomic E-state index is 0.543. The summed E-state index contributed by atoms with van der Waals surface area (Å²) in [5.41, 5.74) is -1.53. The Morgan fingerprint density at radius 1 is 1.23 bits per heavy atom. The average molecular weight is 180 g/mol. The van der Waals surface area contributed by atoms with Gasteiger partial charge in [-0.2, -0.15) is 0 Å². The molecule has 2 nitrogen and oxygen atoms in total. The van der Waals surface area contributed by atoms with Gasteiger partial charge < -0.3 is 10.2 Å². The molecule has 0 spiro atoms. The van der Waals surface area contributed by atoms with Gasteiger partial charge in [0.1, 0.15) is 5.60 Å². The van der Waals surface area contributed by atoms with Crippen LogP contribution in [0.2, 0.25) is 0 Å². The van der Waals surface area contributed by atoms with Gasteiger partial charge in [0.15, 0.2) is 0 Å². The maximum atomic E-state index is 9.90. The molecule has 0 bridgehead atoms. The SMILES string of the molecule is C=CC#CC1(O)CCC(C)(O)CC1. The van der Waals surface area contributed by atoms with E-state index in [2.05, 4.69) is 18.4 Å². The Balaban J connectivity index is 2.61. The predicted octanol–water partition coefficient (Wildman–Crippen LogP) is 1.23. The summed E-state index contributed by atoms with van der Waals surface area (Å²) in [5.74, 6) is 5.43. The molecular weight excluding hydrogens is 164 g/mol. The van der Waals surface area contributed by atoms with Crippen LogP contribution in [0.15, 0.2) is 12.7 Å². The minimum atomic E-state index is -0.906. The van der Waals surface area contributed by atoms with Crippen molar-refractivity contribution < 1.29 is 10.2 Å². The van der Waals surface area contributed by atoms with Crippen LogP contribution in [0.1, 0.15) is 32.6 Å². The second-order valence-electron chi connectivity index (χ2n) is 4.00. The van der Waals surface area contributed by atoms with Crippen molar-refractivity contribution in [1.29, 1.82) is 0 Å². The lowest BCUT2D eigenvalue weighted by atomic mass is 9.77. The first kappa shape index (κ1) is 10.3. The topological polar surface area (TPSA) is 40.5 Å². The van der Waals surface area contributed by atoms with Gasteiger partial charge in [-0.15, -0.1) is 0 Å². The normalized spacial score (nSPS) is 39.0. The molecular formula is C11H16O2. The summed E-state index contributed by atoms with van der Waals surface area (Å²) in [6.07, 6.45) is 3.77. The van der Waals surface area contributed by atoms with Crippen LogP contribution >= 0.6 is 0 Å². The highest BCUT2D eigenvalue weighted by molar-refractivity contribution is 5.21. The lowest BCUT2D eigenvalue weighted by Gasteiger charge is -2.36. The third-order valence-electron chi connectivity index (χ3n) is 2.56. The van der Waals surface area contributed by atoms with Crippen LogP contribution in [0.3, 0.4) is 0 Å². The molecule has 1 saturated carbocycles. The molecule has 0 aromatic rings. The fourth-order valence-corrected chi connectivity index (χ4v) is 1.51. The van der Waals surface area contributed by atoms with E-state index >= 15 is 0 Å². The molecule has 72 valence electrons. The van der Waals surface area contributed by atoms with Crippen molar-refractivity contribution in [3.8, 4) is 11.8 Å². The molecule has 0 amide bonds. The zero-order chi connectivity index (χ0) is 9.95. The molecule has 1 aliphatic rings. The third kappa shape index (κ3) is 2.87. The lowest BCUT2D eigenvalue weighted by Crippen LogP contribution is -2.40. The number of allylic oxidation sites excluding steroid dienone is 1. The Morgan fingerprint density at radius 2 is 1.77 bits per heavy atom. The first-order valence-corrected chi connectivity index (χ1v) is 4.56. The molecule has 0 aromatic heterocycles. The highest BCUT2D eigenvalue weighted by Gasteiger charge is 2.36. The molecule has 13 heavy (non-hydrogen) atoms. The van der Waals surface area contributed by atoms with Gasteiger partial charge in [-0.25, -0.2) is 0 Å². The van der Waals surface area contributed by atoms with Crippen molar-refractivity contribution in [2.75, 3.05) is 0 Å². The summed E-state index contributed by atoms with van der Waals surface area (Å²) >= 11 is 0. The van der Waals surface area contributed by atoms with Crippen molar-refractivity contribution in [3.63, 3.8) is 0 Å². The highest BCUT2D eigenvalue weighted by Crippen LogP contribution is 2.33. The minimum Gasteiger partial charge on any atom is -0.390 e. The van der Waals surface area contributed by atoms with E-state index in [-0.39, 0.29) is 0 Å². The van der Waals surface area contributed by atoms with Crippen LogP contribution in [0, 0.1) is 11.8 Å². The highest BCUT2D eigenvalue weighted by atomic mass is 16.3. The molecule has 0 aliphatic heterocycles. The largest absolute Gasteiger partial charge is 0.390 e. The van der Waals surface area contributed by atoms with Crippen LogP contribution in [-0.2, 0) is 0 Å². The van der Waals surface area contributed by atoms with E-state index in [1.165, 1.54) is 6.08 Å². The Bertz CT molecular complexity index is 245. The quantitative estimate of drug-likeness (QED) is 0.550. The Labute approximate surface area is 79.3 Å². The second-order valence-corrected chi connectivity index (χ2v) is 4.00. The maximum absolute atomic E-state index is 9.90. The molecule has 0 aromatic carbocycles. The fourth-order valence-electron chi connectivity index (χ4n) is 1.51. The standard InChI is InChI=1S/C11H16O2/c1-3-4-5-11(13)8-6-10(2,12)7-9-11/h3,12-13H,1,6-9H2,2H3. The van der Waals surface area contributed by atoms with Gasteiger partial charge in [0.2, 0.25) is 0 Å². The smallest absolute Gasteiger partial charge is 0.126 e. The number of rotatable bonds is 0. The molecule has 0 radical (unpaired) electrons. The van der Waals surface area contributed by atoms with E-state index in [1.807, 2.05) is 0 Å². The Morgan fingerprint density at radius 3 is 2.23 bits per heavy atom. The first-order valence-electron chi connectivity index (χ1n) is 4.56. The van der Waals surface area contributed by atoms with Crippen LogP contribution < -0.4 is 0 Å². The van der Waals surface area contributed by atoms with Crippen molar-refractivity contribution in [2.45, 2.75) is 43.8 Å². The van der Waals surface area contributed by atoms with E-state index < -0.39 is 11.2 Å². The van der Waals surface area contributed by atoms with Gasteiger partial charge in [0.25, 0.3) is 0 Å². The van der Waals surface area contributed by atoms with Gasteiger partial charge in [-0.3, -0.25) is 0 Å². The van der Waals surface area contributed by atoms with Gasteiger partial charge in [0.05, 0.1) is 5.60 Å². The van der Waals surface area contributed by atoms with E-state index in [0.717, 1.165) is 0 Å². The number of hydrogen-bond donors (Lipinski definition) is 2. The zero-order valence-electron chi connectivity index (χ0n) is 8.01. The first-order chi connectivity index (χ1) is 5.97. The summed E-state index contributed by atoms with van der Waals surface area (Å²) in [5, 5.41) is 19.6. The fraction of sp³-hybridized carbons (Fsp3) is 0.636. The lowest BCUT2D eigenvalue weighted by molar-refractivity contribution is -0.0438. The van der Waals surface area contributed by atoms with E-state index in [4.69, 9.17) is 0 Å².